The highest BCUT2D eigenvalue weighted by atomic mass is 127. The first-order chi connectivity index (χ1) is 15.0. The second-order valence-corrected chi connectivity index (χ2v) is 9.75. The summed E-state index contributed by atoms with van der Waals surface area (Å²) in [4.78, 5) is 26.0. The van der Waals surface area contributed by atoms with Crippen molar-refractivity contribution >= 4 is 34.3 Å². The smallest absolute Gasteiger partial charge is 0.309 e. The molecule has 0 aromatic rings. The summed E-state index contributed by atoms with van der Waals surface area (Å²) in [7, 11) is 1.50. The lowest BCUT2D eigenvalue weighted by Crippen LogP contribution is -2.46. The molecule has 0 aliphatic carbocycles. The fraction of sp³-hybridized carbons (Fsp3) is 0.692. The molecule has 0 bridgehead atoms. The molecule has 0 amide bonds. The number of carbonyl (C=O) groups is 2. The van der Waals surface area contributed by atoms with Crippen LogP contribution >= 0.6 is 22.6 Å². The molecule has 1 N–H and O–H groups in total. The van der Waals surface area contributed by atoms with E-state index in [1.807, 2.05) is 30.9 Å². The highest BCUT2D eigenvalue weighted by molar-refractivity contribution is 14.1. The Morgan fingerprint density at radius 1 is 1.25 bits per heavy atom. The summed E-state index contributed by atoms with van der Waals surface area (Å²) >= 11 is 2.12. The van der Waals surface area contributed by atoms with E-state index in [0.717, 1.165) is 24.8 Å². The molecule has 0 saturated heterocycles. The normalized spacial score (nSPS) is 17.5. The van der Waals surface area contributed by atoms with Crippen LogP contribution in [-0.2, 0) is 19.1 Å². The van der Waals surface area contributed by atoms with Crippen LogP contribution in [0.3, 0.4) is 0 Å². The lowest BCUT2D eigenvalue weighted by Gasteiger charge is -2.36. The summed E-state index contributed by atoms with van der Waals surface area (Å²) < 4.78 is 13.1. The first-order valence-corrected chi connectivity index (χ1v) is 12.7. The summed E-state index contributed by atoms with van der Waals surface area (Å²) in [6.07, 6.45) is 7.32. The van der Waals surface area contributed by atoms with Crippen LogP contribution in [0.25, 0.3) is 0 Å². The van der Waals surface area contributed by atoms with Gasteiger partial charge in [0.2, 0.25) is 0 Å². The molecule has 0 radical (unpaired) electrons. The number of esters is 1. The number of allylic oxidation sites excluding steroid dienone is 2. The van der Waals surface area contributed by atoms with Crippen molar-refractivity contribution in [1.82, 2.24) is 0 Å². The molecule has 184 valence electrons. The Hall–Kier alpha value is -0.990. The van der Waals surface area contributed by atoms with Gasteiger partial charge in [-0.05, 0) is 48.7 Å². The van der Waals surface area contributed by atoms with Crippen molar-refractivity contribution in [3.05, 3.63) is 34.5 Å². The largest absolute Gasteiger partial charge is 0.457 e. The minimum absolute atomic E-state index is 0.00340. The van der Waals surface area contributed by atoms with E-state index in [-0.39, 0.29) is 24.2 Å². The molecular formula is C26H43IO5. The average molecular weight is 563 g/mol. The standard InChI is InChI=1S/C26H43IO5/c1-9-11-12-13-15-18(3)24(29)20(5)25(30)26(6,7)22(31-8)16-23(28)32-21(14-10-2)19(4)17-27/h9-11,17-18,20-22,24,29H,2,12-16H2,1,3-8H3/b11-9+,19-17+. The van der Waals surface area contributed by atoms with Crippen LogP contribution in [0, 0.1) is 17.3 Å². The van der Waals surface area contributed by atoms with E-state index in [2.05, 4.69) is 35.2 Å². The molecule has 0 aliphatic heterocycles. The van der Waals surface area contributed by atoms with Crippen LogP contribution in [0.1, 0.15) is 73.6 Å². The molecule has 0 aromatic carbocycles. The molecule has 0 rings (SSSR count). The fourth-order valence-corrected chi connectivity index (χ4v) is 4.23. The van der Waals surface area contributed by atoms with Crippen LogP contribution in [0.2, 0.25) is 0 Å². The van der Waals surface area contributed by atoms with Crippen LogP contribution in [0.15, 0.2) is 34.5 Å². The number of hydrogen-bond donors (Lipinski definition) is 1. The number of Topliss-reactive ketones (excluding diaryl/α,β-unsaturated/α-hetero) is 1. The number of hydrogen-bond acceptors (Lipinski definition) is 5. The Kier molecular flexibility index (Phi) is 15.3. The van der Waals surface area contributed by atoms with Crippen molar-refractivity contribution in [2.24, 2.45) is 17.3 Å². The van der Waals surface area contributed by atoms with Crippen molar-refractivity contribution in [3.63, 3.8) is 0 Å². The van der Waals surface area contributed by atoms with Gasteiger partial charge in [-0.15, -0.1) is 6.58 Å². The fourth-order valence-electron chi connectivity index (χ4n) is 3.83. The number of unbranched alkanes of at least 4 members (excludes halogenated alkanes) is 1. The molecule has 5 nitrogen and oxygen atoms in total. The third-order valence-electron chi connectivity index (χ3n) is 6.19. The van der Waals surface area contributed by atoms with Crippen LogP contribution in [0.5, 0.6) is 0 Å². The molecule has 0 saturated carbocycles. The van der Waals surface area contributed by atoms with Crippen molar-refractivity contribution in [2.75, 3.05) is 7.11 Å². The zero-order valence-corrected chi connectivity index (χ0v) is 23.1. The quantitative estimate of drug-likeness (QED) is 0.105. The van der Waals surface area contributed by atoms with Crippen molar-refractivity contribution in [2.45, 2.75) is 92.0 Å². The number of aliphatic hydroxyl groups excluding tert-OH is 1. The zero-order valence-electron chi connectivity index (χ0n) is 20.9. The molecule has 32 heavy (non-hydrogen) atoms. The van der Waals surface area contributed by atoms with Gasteiger partial charge < -0.3 is 14.6 Å². The van der Waals surface area contributed by atoms with Gasteiger partial charge in [0, 0.05) is 19.4 Å². The first-order valence-electron chi connectivity index (χ1n) is 11.4. The van der Waals surface area contributed by atoms with E-state index >= 15 is 0 Å². The molecule has 6 heteroatoms. The number of carbonyl (C=O) groups excluding carboxylic acids is 2. The van der Waals surface area contributed by atoms with Crippen LogP contribution in [-0.4, -0.2) is 42.3 Å². The van der Waals surface area contributed by atoms with E-state index in [9.17, 15) is 14.7 Å². The van der Waals surface area contributed by atoms with Crippen LogP contribution < -0.4 is 0 Å². The van der Waals surface area contributed by atoms with Gasteiger partial charge in [0.05, 0.1) is 24.0 Å². The molecule has 0 aliphatic rings. The summed E-state index contributed by atoms with van der Waals surface area (Å²) in [5.41, 5.74) is -0.0238. The Bertz CT molecular complexity index is 653. The third-order valence-corrected chi connectivity index (χ3v) is 7.17. The number of halogens is 1. The maximum Gasteiger partial charge on any atom is 0.309 e. The molecule has 0 heterocycles. The molecule has 0 fully saturated rings. The topological polar surface area (TPSA) is 72.8 Å². The Balaban J connectivity index is 5.20. The van der Waals surface area contributed by atoms with E-state index in [1.165, 1.54) is 7.11 Å². The van der Waals surface area contributed by atoms with Gasteiger partial charge in [0.15, 0.2) is 0 Å². The van der Waals surface area contributed by atoms with Gasteiger partial charge in [-0.1, -0.05) is 68.5 Å². The van der Waals surface area contributed by atoms with Crippen LogP contribution in [0.4, 0.5) is 0 Å². The second kappa shape index (κ2) is 15.8. The SMILES string of the molecule is C=CCC(OC(=O)CC(OC)C(C)(C)C(=O)C(C)C(O)C(C)CCC/C=C/C)/C(C)=C/I. The Morgan fingerprint density at radius 3 is 2.38 bits per heavy atom. The number of ketones is 1. The van der Waals surface area contributed by atoms with Gasteiger partial charge in [0.25, 0.3) is 0 Å². The number of aliphatic hydroxyl groups is 1. The molecule has 5 unspecified atom stereocenters. The second-order valence-electron chi connectivity index (χ2n) is 9.13. The van der Waals surface area contributed by atoms with Gasteiger partial charge >= 0.3 is 5.97 Å². The third kappa shape index (κ3) is 9.87. The maximum absolute atomic E-state index is 13.3. The van der Waals surface area contributed by atoms with Crippen molar-refractivity contribution in [1.29, 1.82) is 0 Å². The summed E-state index contributed by atoms with van der Waals surface area (Å²) in [6, 6.07) is 0. The highest BCUT2D eigenvalue weighted by Crippen LogP contribution is 2.33. The monoisotopic (exact) mass is 562 g/mol. The van der Waals surface area contributed by atoms with E-state index in [1.54, 1.807) is 26.8 Å². The molecule has 5 atom stereocenters. The van der Waals surface area contributed by atoms with E-state index in [4.69, 9.17) is 9.47 Å². The summed E-state index contributed by atoms with van der Waals surface area (Å²) in [6.45, 7) is 14.9. The summed E-state index contributed by atoms with van der Waals surface area (Å²) in [5.74, 6) is -1.10. The lowest BCUT2D eigenvalue weighted by molar-refractivity contribution is -0.155. The molecule has 0 spiro atoms. The van der Waals surface area contributed by atoms with Crippen molar-refractivity contribution in [3.8, 4) is 0 Å². The van der Waals surface area contributed by atoms with Gasteiger partial charge in [-0.25, -0.2) is 0 Å². The van der Waals surface area contributed by atoms with Gasteiger partial charge in [-0.2, -0.15) is 0 Å². The number of ether oxygens (including phenoxy) is 2. The van der Waals surface area contributed by atoms with Crippen molar-refractivity contribution < 1.29 is 24.2 Å². The number of rotatable bonds is 16. The first kappa shape index (κ1) is 31.0. The molecular weight excluding hydrogens is 519 g/mol. The zero-order chi connectivity index (χ0) is 24.9. The predicted octanol–water partition coefficient (Wildman–Crippen LogP) is 6.19. The lowest BCUT2D eigenvalue weighted by atomic mass is 9.73. The number of methoxy groups -OCH3 is 1. The Morgan fingerprint density at radius 2 is 1.88 bits per heavy atom. The average Bonchev–Trinajstić information content (AvgIpc) is 2.77. The van der Waals surface area contributed by atoms with E-state index < -0.39 is 29.5 Å². The highest BCUT2D eigenvalue weighted by Gasteiger charge is 2.43. The summed E-state index contributed by atoms with van der Waals surface area (Å²) in [5, 5.41) is 10.8. The van der Waals surface area contributed by atoms with Gasteiger partial charge in [0.1, 0.15) is 11.9 Å². The predicted molar refractivity (Wildman–Crippen MR) is 140 cm³/mol. The maximum atomic E-state index is 13.3. The minimum Gasteiger partial charge on any atom is -0.457 e. The Labute approximate surface area is 208 Å². The minimum atomic E-state index is -0.957. The van der Waals surface area contributed by atoms with E-state index in [0.29, 0.717) is 6.42 Å². The van der Waals surface area contributed by atoms with Gasteiger partial charge in [-0.3, -0.25) is 9.59 Å². The molecule has 0 aromatic heterocycles.